The Morgan fingerprint density at radius 1 is 1.20 bits per heavy atom. The molecule has 2 rings (SSSR count). The molecule has 0 heterocycles. The number of amides is 2. The van der Waals surface area contributed by atoms with E-state index in [1.165, 1.54) is 26.1 Å². The van der Waals surface area contributed by atoms with E-state index in [1.807, 2.05) is 0 Å². The number of phenols is 1. The van der Waals surface area contributed by atoms with Crippen LogP contribution in [0.4, 0.5) is 30.6 Å². The first-order chi connectivity index (χ1) is 14.1. The number of alkyl halides is 1. The smallest absolute Gasteiger partial charge is 0.319 e. The van der Waals surface area contributed by atoms with Gasteiger partial charge in [0.05, 0.1) is 11.3 Å². The van der Waals surface area contributed by atoms with E-state index in [4.69, 9.17) is 0 Å². The third kappa shape index (κ3) is 6.88. The Labute approximate surface area is 174 Å². The summed E-state index contributed by atoms with van der Waals surface area (Å²) in [6.45, 7) is 8.67. The molecular weight excluding hydrogens is 390 g/mol. The number of benzene rings is 2. The summed E-state index contributed by atoms with van der Waals surface area (Å²) in [5, 5.41) is 17.8. The van der Waals surface area contributed by atoms with Gasteiger partial charge in [0.25, 0.3) is 0 Å². The lowest BCUT2D eigenvalue weighted by Gasteiger charge is -2.15. The van der Waals surface area contributed by atoms with Crippen LogP contribution >= 0.6 is 0 Å². The summed E-state index contributed by atoms with van der Waals surface area (Å²) in [5.74, 6) is -0.882. The zero-order valence-electron chi connectivity index (χ0n) is 17.2. The second kappa shape index (κ2) is 9.87. The maximum absolute atomic E-state index is 14.4. The Morgan fingerprint density at radius 3 is 2.37 bits per heavy atom. The molecule has 0 aliphatic rings. The molecule has 0 saturated carbocycles. The summed E-state index contributed by atoms with van der Waals surface area (Å²) in [4.78, 5) is 15.9. The summed E-state index contributed by atoms with van der Waals surface area (Å²) in [7, 11) is 0. The van der Waals surface area contributed by atoms with Crippen molar-refractivity contribution in [2.24, 2.45) is 4.99 Å². The van der Waals surface area contributed by atoms with Gasteiger partial charge in [0.15, 0.2) is 0 Å². The van der Waals surface area contributed by atoms with Crippen LogP contribution in [0.1, 0.15) is 32.8 Å². The SMILES string of the molecule is C=C(Nc1ccc(NC(=O)NCCC(C)(C)F)cc1)c1c(F)cc(O)cc1N=CC. The second-order valence-corrected chi connectivity index (χ2v) is 7.24. The van der Waals surface area contributed by atoms with E-state index < -0.39 is 17.5 Å². The van der Waals surface area contributed by atoms with Crippen LogP contribution in [0.25, 0.3) is 5.70 Å². The molecule has 6 nitrogen and oxygen atoms in total. The first-order valence-electron chi connectivity index (χ1n) is 9.40. The maximum Gasteiger partial charge on any atom is 0.319 e. The summed E-state index contributed by atoms with van der Waals surface area (Å²) >= 11 is 0. The van der Waals surface area contributed by atoms with Crippen molar-refractivity contribution in [1.29, 1.82) is 0 Å². The van der Waals surface area contributed by atoms with Gasteiger partial charge in [-0.2, -0.15) is 0 Å². The molecule has 2 aromatic rings. The van der Waals surface area contributed by atoms with E-state index in [2.05, 4.69) is 27.5 Å². The van der Waals surface area contributed by atoms with Gasteiger partial charge >= 0.3 is 6.03 Å². The standard InChI is InChI=1S/C22H26F2N4O2/c1-5-25-19-13-17(29)12-18(23)20(19)14(2)27-15-6-8-16(9-7-15)28-21(30)26-11-10-22(3,4)24/h5-9,12-13,27,29H,2,10-11H2,1,3-4H3,(H2,26,28,30). The number of aromatic hydroxyl groups is 1. The lowest BCUT2D eigenvalue weighted by atomic mass is 10.1. The van der Waals surface area contributed by atoms with Gasteiger partial charge in [-0.1, -0.05) is 6.58 Å². The highest BCUT2D eigenvalue weighted by molar-refractivity contribution is 5.90. The fourth-order valence-corrected chi connectivity index (χ4v) is 2.64. The Morgan fingerprint density at radius 2 is 1.80 bits per heavy atom. The fourth-order valence-electron chi connectivity index (χ4n) is 2.64. The van der Waals surface area contributed by atoms with Gasteiger partial charge in [0.2, 0.25) is 0 Å². The molecule has 0 atom stereocenters. The Bertz CT molecular complexity index is 935. The van der Waals surface area contributed by atoms with Crippen LogP contribution in [-0.4, -0.2) is 29.6 Å². The van der Waals surface area contributed by atoms with E-state index in [9.17, 15) is 18.7 Å². The Balaban J connectivity index is 2.01. The molecule has 0 bridgehead atoms. The van der Waals surface area contributed by atoms with E-state index in [1.54, 1.807) is 31.2 Å². The number of anilines is 2. The predicted octanol–water partition coefficient (Wildman–Crippen LogP) is 5.60. The minimum Gasteiger partial charge on any atom is -0.508 e. The van der Waals surface area contributed by atoms with Crippen molar-refractivity contribution >= 4 is 35.0 Å². The van der Waals surface area contributed by atoms with Crippen molar-refractivity contribution in [1.82, 2.24) is 5.32 Å². The van der Waals surface area contributed by atoms with E-state index >= 15 is 0 Å². The zero-order chi connectivity index (χ0) is 22.3. The fraction of sp³-hybridized carbons (Fsp3) is 0.273. The minimum absolute atomic E-state index is 0.142. The topological polar surface area (TPSA) is 85.8 Å². The molecule has 0 spiro atoms. The number of urea groups is 1. The summed E-state index contributed by atoms with van der Waals surface area (Å²) < 4.78 is 27.8. The van der Waals surface area contributed by atoms with Gasteiger partial charge in [-0.25, -0.2) is 13.6 Å². The number of nitrogens with zero attached hydrogens (tertiary/aromatic N) is 1. The molecule has 0 unspecified atom stereocenters. The maximum atomic E-state index is 14.4. The number of hydrogen-bond donors (Lipinski definition) is 4. The van der Waals surface area contributed by atoms with Gasteiger partial charge in [0, 0.05) is 42.0 Å². The molecule has 8 heteroatoms. The van der Waals surface area contributed by atoms with Crippen molar-refractivity contribution in [2.45, 2.75) is 32.9 Å². The van der Waals surface area contributed by atoms with Crippen LogP contribution in [-0.2, 0) is 0 Å². The Kier molecular flexibility index (Phi) is 7.52. The van der Waals surface area contributed by atoms with Gasteiger partial charge in [-0.05, 0) is 51.5 Å². The number of halogens is 2. The number of carbonyl (C=O) groups excluding carboxylic acids is 1. The van der Waals surface area contributed by atoms with Gasteiger partial charge in [-0.15, -0.1) is 0 Å². The summed E-state index contributed by atoms with van der Waals surface area (Å²) in [6.07, 6.45) is 1.70. The average molecular weight is 416 g/mol. The lowest BCUT2D eigenvalue weighted by Crippen LogP contribution is -2.32. The number of hydrogen-bond acceptors (Lipinski definition) is 4. The number of nitrogens with one attached hydrogen (secondary N) is 3. The molecule has 2 amide bonds. The molecule has 0 saturated heterocycles. The number of rotatable bonds is 8. The minimum atomic E-state index is -1.34. The van der Waals surface area contributed by atoms with Crippen molar-refractivity contribution < 1.29 is 18.7 Å². The molecule has 160 valence electrons. The van der Waals surface area contributed by atoms with E-state index in [0.717, 1.165) is 6.07 Å². The molecule has 0 aromatic heterocycles. The normalized spacial score (nSPS) is 11.4. The first-order valence-corrected chi connectivity index (χ1v) is 9.40. The quantitative estimate of drug-likeness (QED) is 0.423. The molecule has 0 aliphatic heterocycles. The van der Waals surface area contributed by atoms with E-state index in [0.29, 0.717) is 11.4 Å². The van der Waals surface area contributed by atoms with Crippen molar-refractivity contribution in [2.75, 3.05) is 17.2 Å². The second-order valence-electron chi connectivity index (χ2n) is 7.24. The highest BCUT2D eigenvalue weighted by atomic mass is 19.1. The highest BCUT2D eigenvalue weighted by Crippen LogP contribution is 2.33. The molecule has 2 aromatic carbocycles. The Hall–Kier alpha value is -3.42. The summed E-state index contributed by atoms with van der Waals surface area (Å²) in [6, 6.07) is 8.60. The molecule has 0 aliphatic carbocycles. The largest absolute Gasteiger partial charge is 0.508 e. The molecule has 30 heavy (non-hydrogen) atoms. The van der Waals surface area contributed by atoms with Crippen LogP contribution in [0.15, 0.2) is 48.0 Å². The average Bonchev–Trinajstić information content (AvgIpc) is 2.62. The van der Waals surface area contributed by atoms with Crippen molar-refractivity contribution in [3.05, 3.63) is 54.4 Å². The lowest BCUT2D eigenvalue weighted by molar-refractivity contribution is 0.200. The van der Waals surface area contributed by atoms with Crippen LogP contribution in [0.3, 0.4) is 0 Å². The number of phenolic OH excluding ortho intramolecular Hbond substituents is 1. The van der Waals surface area contributed by atoms with Crippen molar-refractivity contribution in [3.63, 3.8) is 0 Å². The van der Waals surface area contributed by atoms with Crippen molar-refractivity contribution in [3.8, 4) is 5.75 Å². The zero-order valence-corrected chi connectivity index (χ0v) is 17.2. The third-order valence-corrected chi connectivity index (χ3v) is 4.07. The highest BCUT2D eigenvalue weighted by Gasteiger charge is 2.16. The van der Waals surface area contributed by atoms with Gasteiger partial charge in [-0.3, -0.25) is 4.99 Å². The summed E-state index contributed by atoms with van der Waals surface area (Å²) in [5.41, 5.74) is 0.462. The number of carbonyl (C=O) groups is 1. The van der Waals surface area contributed by atoms with Gasteiger partial charge < -0.3 is 21.1 Å². The monoisotopic (exact) mass is 416 g/mol. The molecule has 0 radical (unpaired) electrons. The predicted molar refractivity (Wildman–Crippen MR) is 118 cm³/mol. The number of aliphatic imine (C=N–C) groups is 1. The molecular formula is C22H26F2N4O2. The molecule has 0 fully saturated rings. The van der Waals surface area contributed by atoms with Gasteiger partial charge in [0.1, 0.15) is 17.2 Å². The van der Waals surface area contributed by atoms with Crippen LogP contribution in [0.2, 0.25) is 0 Å². The third-order valence-electron chi connectivity index (χ3n) is 4.07. The van der Waals surface area contributed by atoms with Crippen LogP contribution in [0.5, 0.6) is 5.75 Å². The van der Waals surface area contributed by atoms with Crippen LogP contribution < -0.4 is 16.0 Å². The molecule has 4 N–H and O–H groups in total. The van der Waals surface area contributed by atoms with E-state index in [-0.39, 0.29) is 35.7 Å². The van der Waals surface area contributed by atoms with Crippen LogP contribution in [0, 0.1) is 5.82 Å². The first kappa shape index (κ1) is 22.9.